The van der Waals surface area contributed by atoms with Gasteiger partial charge in [-0.15, -0.1) is 0 Å². The number of methoxy groups -OCH3 is 2. The molecule has 0 aliphatic heterocycles. The van der Waals surface area contributed by atoms with Gasteiger partial charge < -0.3 is 9.47 Å². The minimum atomic E-state index is -0.197. The van der Waals surface area contributed by atoms with Crippen molar-refractivity contribution in [2.24, 2.45) is 0 Å². The van der Waals surface area contributed by atoms with Crippen LogP contribution in [-0.2, 0) is 0 Å². The maximum absolute atomic E-state index is 14.0. The van der Waals surface area contributed by atoms with Crippen LogP contribution in [0, 0.1) is 13.8 Å². The third kappa shape index (κ3) is 4.05. The Kier molecular flexibility index (Phi) is 6.23. The fourth-order valence-corrected chi connectivity index (χ4v) is 5.45. The Bertz CT molecular complexity index is 1950. The van der Waals surface area contributed by atoms with E-state index in [2.05, 4.69) is 0 Å². The van der Waals surface area contributed by atoms with Crippen molar-refractivity contribution in [1.82, 2.24) is 8.80 Å². The molecule has 4 aromatic heterocycles. The topological polar surface area (TPSA) is 61.4 Å². The number of fused-ring (bicyclic) bond motifs is 3. The maximum atomic E-state index is 14.0. The molecule has 6 aromatic rings. The average molecular weight is 529 g/mol. The van der Waals surface area contributed by atoms with Crippen LogP contribution in [0.1, 0.15) is 33.6 Å². The summed E-state index contributed by atoms with van der Waals surface area (Å²) in [6, 6.07) is 23.1. The average Bonchev–Trinajstić information content (AvgIpc) is 3.61. The second-order valence-electron chi connectivity index (χ2n) is 9.79. The second kappa shape index (κ2) is 9.89. The monoisotopic (exact) mass is 528 g/mol. The van der Waals surface area contributed by atoms with Crippen molar-refractivity contribution in [3.8, 4) is 11.5 Å². The minimum Gasteiger partial charge on any atom is -0.497 e. The molecule has 0 radical (unpaired) electrons. The van der Waals surface area contributed by atoms with Crippen molar-refractivity contribution in [3.63, 3.8) is 0 Å². The Morgan fingerprint density at radius 3 is 1.40 bits per heavy atom. The first-order valence-electron chi connectivity index (χ1n) is 13.0. The predicted molar refractivity (Wildman–Crippen MR) is 163 cm³/mol. The maximum Gasteiger partial charge on any atom is 0.264 e. The molecule has 4 heterocycles. The summed E-state index contributed by atoms with van der Waals surface area (Å²) in [7, 11) is 3.27. The molecule has 0 N–H and O–H groups in total. The smallest absolute Gasteiger partial charge is 0.264 e. The molecule has 0 atom stereocenters. The summed E-state index contributed by atoms with van der Waals surface area (Å²) in [6.45, 7) is 3.82. The van der Waals surface area contributed by atoms with Gasteiger partial charge in [-0.1, -0.05) is 36.4 Å². The zero-order chi connectivity index (χ0) is 28.0. The van der Waals surface area contributed by atoms with Crippen LogP contribution in [-0.4, -0.2) is 23.0 Å². The van der Waals surface area contributed by atoms with E-state index < -0.39 is 0 Å². The third-order valence-electron chi connectivity index (χ3n) is 7.51. The number of ether oxygens (including phenoxy) is 2. The lowest BCUT2D eigenvalue weighted by Crippen LogP contribution is -2.23. The lowest BCUT2D eigenvalue weighted by Gasteiger charge is -2.11. The molecule has 0 aliphatic carbocycles. The molecule has 0 saturated carbocycles. The SMILES string of the molecule is COc1cccc(/C=C/c2ccc3c(C)c4c(=O)n5c(/C=C/c6cccc(OC)c6)ccc5c(C)c4c(=O)n23)c1. The second-order valence-corrected chi connectivity index (χ2v) is 9.79. The first kappa shape index (κ1) is 25.2. The molecule has 0 spiro atoms. The van der Waals surface area contributed by atoms with E-state index >= 15 is 0 Å². The van der Waals surface area contributed by atoms with Crippen LogP contribution in [0.15, 0.2) is 82.4 Å². The van der Waals surface area contributed by atoms with Gasteiger partial charge in [-0.2, -0.15) is 0 Å². The molecular weight excluding hydrogens is 500 g/mol. The molecule has 0 saturated heterocycles. The molecule has 2 aromatic carbocycles. The van der Waals surface area contributed by atoms with E-state index in [9.17, 15) is 9.59 Å². The van der Waals surface area contributed by atoms with Crippen LogP contribution >= 0.6 is 0 Å². The fourth-order valence-electron chi connectivity index (χ4n) is 5.45. The number of benzene rings is 2. The van der Waals surface area contributed by atoms with Crippen LogP contribution in [0.2, 0.25) is 0 Å². The van der Waals surface area contributed by atoms with Gasteiger partial charge in [0.15, 0.2) is 0 Å². The summed E-state index contributed by atoms with van der Waals surface area (Å²) in [6.07, 6.45) is 7.73. The van der Waals surface area contributed by atoms with Crippen LogP contribution in [0.5, 0.6) is 11.5 Å². The van der Waals surface area contributed by atoms with E-state index in [4.69, 9.17) is 9.47 Å². The van der Waals surface area contributed by atoms with Crippen LogP contribution in [0.3, 0.4) is 0 Å². The van der Waals surface area contributed by atoms with Crippen molar-refractivity contribution in [2.45, 2.75) is 13.8 Å². The summed E-state index contributed by atoms with van der Waals surface area (Å²) in [5, 5.41) is 0.910. The summed E-state index contributed by atoms with van der Waals surface area (Å²) in [5.74, 6) is 1.53. The Balaban J connectivity index is 1.52. The normalized spacial score (nSPS) is 12.0. The van der Waals surface area contributed by atoms with Gasteiger partial charge in [0.05, 0.1) is 36.0 Å². The third-order valence-corrected chi connectivity index (χ3v) is 7.51. The Morgan fingerprint density at radius 1 is 0.575 bits per heavy atom. The largest absolute Gasteiger partial charge is 0.497 e. The Hall–Kier alpha value is -5.10. The van der Waals surface area contributed by atoms with Crippen molar-refractivity contribution in [1.29, 1.82) is 0 Å². The Morgan fingerprint density at radius 2 is 1.00 bits per heavy atom. The fraction of sp³-hybridized carbons (Fsp3) is 0.118. The molecule has 0 unspecified atom stereocenters. The van der Waals surface area contributed by atoms with Gasteiger partial charge in [0.25, 0.3) is 11.1 Å². The highest BCUT2D eigenvalue weighted by Crippen LogP contribution is 2.26. The molecule has 0 bridgehead atoms. The summed E-state index contributed by atoms with van der Waals surface area (Å²) in [5.41, 5.74) is 6.02. The van der Waals surface area contributed by atoms with Crippen LogP contribution in [0.4, 0.5) is 0 Å². The molecule has 6 nitrogen and oxygen atoms in total. The van der Waals surface area contributed by atoms with Gasteiger partial charge in [-0.3, -0.25) is 18.4 Å². The number of pyridine rings is 2. The van der Waals surface area contributed by atoms with Gasteiger partial charge in [-0.05, 0) is 96.8 Å². The lowest BCUT2D eigenvalue weighted by atomic mass is 10.0. The van der Waals surface area contributed by atoms with Crippen molar-refractivity contribution < 1.29 is 9.47 Å². The van der Waals surface area contributed by atoms with Gasteiger partial charge in [0, 0.05) is 11.4 Å². The highest BCUT2D eigenvalue weighted by Gasteiger charge is 2.20. The molecule has 0 fully saturated rings. The van der Waals surface area contributed by atoms with E-state index in [1.54, 1.807) is 23.0 Å². The van der Waals surface area contributed by atoms with Gasteiger partial charge in [0.2, 0.25) is 0 Å². The van der Waals surface area contributed by atoms with Gasteiger partial charge >= 0.3 is 0 Å². The molecule has 0 aliphatic rings. The van der Waals surface area contributed by atoms with E-state index in [1.807, 2.05) is 111 Å². The van der Waals surface area contributed by atoms with Crippen molar-refractivity contribution in [2.75, 3.05) is 14.2 Å². The lowest BCUT2D eigenvalue weighted by molar-refractivity contribution is 0.414. The van der Waals surface area contributed by atoms with Crippen LogP contribution in [0.25, 0.3) is 46.1 Å². The van der Waals surface area contributed by atoms with E-state index in [0.29, 0.717) is 10.8 Å². The number of aryl methyl sites for hydroxylation is 2. The van der Waals surface area contributed by atoms with Gasteiger partial charge in [-0.25, -0.2) is 0 Å². The number of nitrogens with zero attached hydrogens (tertiary/aromatic N) is 2. The quantitative estimate of drug-likeness (QED) is 0.248. The van der Waals surface area contributed by atoms with Gasteiger partial charge in [0.1, 0.15) is 11.5 Å². The molecule has 198 valence electrons. The van der Waals surface area contributed by atoms with E-state index in [1.165, 1.54) is 0 Å². The van der Waals surface area contributed by atoms with E-state index in [-0.39, 0.29) is 11.1 Å². The zero-order valence-electron chi connectivity index (χ0n) is 22.8. The summed E-state index contributed by atoms with van der Waals surface area (Å²) >= 11 is 0. The number of hydrogen-bond donors (Lipinski definition) is 0. The molecule has 6 rings (SSSR count). The highest BCUT2D eigenvalue weighted by atomic mass is 16.5. The minimum absolute atomic E-state index is 0.197. The molecule has 6 heteroatoms. The molecular formula is C34H28N2O4. The summed E-state index contributed by atoms with van der Waals surface area (Å²) in [4.78, 5) is 27.9. The Labute approximate surface area is 231 Å². The van der Waals surface area contributed by atoms with Crippen molar-refractivity contribution >= 4 is 46.1 Å². The predicted octanol–water partition coefficient (Wildman–Crippen LogP) is 6.48. The number of aromatic nitrogens is 2. The highest BCUT2D eigenvalue weighted by molar-refractivity contribution is 5.96. The molecule has 0 amide bonds. The van der Waals surface area contributed by atoms with E-state index in [0.717, 1.165) is 56.2 Å². The van der Waals surface area contributed by atoms with Crippen molar-refractivity contribution in [3.05, 3.63) is 127 Å². The number of rotatable bonds is 6. The first-order valence-corrected chi connectivity index (χ1v) is 13.0. The molecule has 40 heavy (non-hydrogen) atoms. The summed E-state index contributed by atoms with van der Waals surface area (Å²) < 4.78 is 14.0. The standard InChI is InChI=1S/C34H28N2O4/c1-21-29-17-15-25(13-11-23-7-5-9-27(19-23)39-3)35(29)34(38)32-22(2)30-18-16-26(36(30)33(37)31(21)32)14-12-24-8-6-10-28(20-24)40-4/h5-20H,1-4H3/b13-11+,14-12+. The first-order chi connectivity index (χ1) is 19.4. The zero-order valence-corrected chi connectivity index (χ0v) is 22.8. The number of hydrogen-bond acceptors (Lipinski definition) is 4. The van der Waals surface area contributed by atoms with Crippen LogP contribution < -0.4 is 20.6 Å².